The number of carbonyl (C=O) groups is 1. The number of nitrogens with zero attached hydrogens (tertiary/aromatic N) is 4. The zero-order valence-electron chi connectivity index (χ0n) is 17.8. The van der Waals surface area contributed by atoms with Crippen molar-refractivity contribution in [3.8, 4) is 11.4 Å². The third-order valence-corrected chi connectivity index (χ3v) is 5.75. The first-order valence-corrected chi connectivity index (χ1v) is 10.5. The highest BCUT2D eigenvalue weighted by Gasteiger charge is 2.26. The first-order chi connectivity index (χ1) is 15.9. The van der Waals surface area contributed by atoms with Gasteiger partial charge in [0.25, 0.3) is 11.5 Å². The number of hydrogen-bond donors (Lipinski definition) is 0. The van der Waals surface area contributed by atoms with E-state index in [0.717, 1.165) is 5.69 Å². The molecule has 0 aliphatic carbocycles. The van der Waals surface area contributed by atoms with Gasteiger partial charge in [0.1, 0.15) is 35.4 Å². The lowest BCUT2D eigenvalue weighted by atomic mass is 10.1. The van der Waals surface area contributed by atoms with Crippen molar-refractivity contribution in [3.63, 3.8) is 0 Å². The average Bonchev–Trinajstić information content (AvgIpc) is 3.23. The molecule has 5 rings (SSSR count). The van der Waals surface area contributed by atoms with Crippen molar-refractivity contribution in [2.24, 2.45) is 0 Å². The standard InChI is InChI=1S/C24H20F2N4O3/c1-15-13-29(14-27-15)20-5-6-21-23(31)28(8-9-30(21)24(20)32)10-11-33-22-7-4-19(26)17-3-2-16(25)12-18(17)22/h2-7,12-14H,8-11H2,1H3. The summed E-state index contributed by atoms with van der Waals surface area (Å²) in [7, 11) is 0. The van der Waals surface area contributed by atoms with E-state index >= 15 is 0 Å². The molecule has 0 atom stereocenters. The van der Waals surface area contributed by atoms with Crippen LogP contribution in [0.4, 0.5) is 8.78 Å². The van der Waals surface area contributed by atoms with Gasteiger partial charge >= 0.3 is 0 Å². The quantitative estimate of drug-likeness (QED) is 0.468. The number of amides is 1. The molecule has 4 aromatic rings. The van der Waals surface area contributed by atoms with Crippen LogP contribution in [0.1, 0.15) is 16.2 Å². The molecule has 0 radical (unpaired) electrons. The Morgan fingerprint density at radius 2 is 1.88 bits per heavy atom. The highest BCUT2D eigenvalue weighted by molar-refractivity contribution is 5.93. The van der Waals surface area contributed by atoms with Gasteiger partial charge < -0.3 is 18.8 Å². The number of pyridine rings is 1. The van der Waals surface area contributed by atoms with Crippen LogP contribution in [0.5, 0.6) is 5.75 Å². The van der Waals surface area contributed by atoms with Gasteiger partial charge in [-0.1, -0.05) is 0 Å². The molecule has 0 bridgehead atoms. The van der Waals surface area contributed by atoms with Crippen LogP contribution in [0.2, 0.25) is 0 Å². The average molecular weight is 450 g/mol. The van der Waals surface area contributed by atoms with E-state index in [2.05, 4.69) is 4.98 Å². The van der Waals surface area contributed by atoms with Crippen molar-refractivity contribution in [1.29, 1.82) is 0 Å². The highest BCUT2D eigenvalue weighted by atomic mass is 19.1. The second kappa shape index (κ2) is 8.16. The van der Waals surface area contributed by atoms with Crippen LogP contribution >= 0.6 is 0 Å². The summed E-state index contributed by atoms with van der Waals surface area (Å²) in [4.78, 5) is 31.6. The van der Waals surface area contributed by atoms with Gasteiger partial charge in [0.15, 0.2) is 0 Å². The number of hydrogen-bond acceptors (Lipinski definition) is 4. The van der Waals surface area contributed by atoms with E-state index in [-0.39, 0.29) is 30.0 Å². The smallest absolute Gasteiger partial charge is 0.275 e. The molecule has 1 aliphatic heterocycles. The zero-order chi connectivity index (χ0) is 23.1. The Morgan fingerprint density at radius 3 is 2.67 bits per heavy atom. The number of rotatable bonds is 5. The van der Waals surface area contributed by atoms with E-state index in [0.29, 0.717) is 35.6 Å². The molecule has 9 heteroatoms. The maximum absolute atomic E-state index is 14.0. The van der Waals surface area contributed by atoms with E-state index in [1.807, 2.05) is 6.92 Å². The molecule has 1 amide bonds. The summed E-state index contributed by atoms with van der Waals surface area (Å²) in [6, 6.07) is 9.76. The number of aryl methyl sites for hydroxylation is 1. The van der Waals surface area contributed by atoms with Gasteiger partial charge in [0, 0.05) is 30.1 Å². The van der Waals surface area contributed by atoms with Crippen molar-refractivity contribution in [2.75, 3.05) is 19.7 Å². The van der Waals surface area contributed by atoms with Crippen LogP contribution in [0.15, 0.2) is 59.8 Å². The Balaban J connectivity index is 1.32. The second-order valence-corrected chi connectivity index (χ2v) is 7.86. The van der Waals surface area contributed by atoms with E-state index < -0.39 is 11.6 Å². The van der Waals surface area contributed by atoms with Crippen LogP contribution in [0.3, 0.4) is 0 Å². The summed E-state index contributed by atoms with van der Waals surface area (Å²) in [5.74, 6) is -0.884. The predicted octanol–water partition coefficient (Wildman–Crippen LogP) is 3.31. The number of imidazole rings is 1. The number of aromatic nitrogens is 3. The van der Waals surface area contributed by atoms with Gasteiger partial charge in [-0.15, -0.1) is 0 Å². The van der Waals surface area contributed by atoms with Crippen LogP contribution in [-0.2, 0) is 6.54 Å². The summed E-state index contributed by atoms with van der Waals surface area (Å²) < 4.78 is 36.6. The molecule has 0 N–H and O–H groups in total. The third kappa shape index (κ3) is 3.75. The maximum Gasteiger partial charge on any atom is 0.275 e. The zero-order valence-corrected chi connectivity index (χ0v) is 17.8. The molecular weight excluding hydrogens is 430 g/mol. The Bertz CT molecular complexity index is 1440. The minimum atomic E-state index is -0.489. The van der Waals surface area contributed by atoms with Crippen molar-refractivity contribution >= 4 is 16.7 Å². The first-order valence-electron chi connectivity index (χ1n) is 10.5. The van der Waals surface area contributed by atoms with E-state index in [4.69, 9.17) is 4.74 Å². The molecule has 2 aromatic heterocycles. The normalized spacial score (nSPS) is 13.4. The Labute approximate surface area is 187 Å². The topological polar surface area (TPSA) is 69.4 Å². The Kier molecular flexibility index (Phi) is 5.16. The van der Waals surface area contributed by atoms with Gasteiger partial charge in [-0.05, 0) is 49.4 Å². The van der Waals surface area contributed by atoms with Crippen molar-refractivity contribution < 1.29 is 18.3 Å². The molecule has 0 spiro atoms. The number of ether oxygens (including phenoxy) is 1. The maximum atomic E-state index is 14.0. The van der Waals surface area contributed by atoms with Crippen molar-refractivity contribution in [1.82, 2.24) is 19.0 Å². The molecule has 0 fully saturated rings. The lowest BCUT2D eigenvalue weighted by Crippen LogP contribution is -2.46. The lowest BCUT2D eigenvalue weighted by molar-refractivity contribution is 0.0673. The molecule has 3 heterocycles. The third-order valence-electron chi connectivity index (χ3n) is 5.75. The van der Waals surface area contributed by atoms with E-state index in [1.54, 1.807) is 34.1 Å². The molecule has 0 saturated heterocycles. The molecule has 2 aromatic carbocycles. The fraction of sp³-hybridized carbons (Fsp3) is 0.208. The summed E-state index contributed by atoms with van der Waals surface area (Å²) in [6.45, 7) is 2.94. The SMILES string of the molecule is Cc1cn(-c2ccc3n(c2=O)CCN(CCOc2ccc(F)c4ccc(F)cc24)C3=O)cn1. The van der Waals surface area contributed by atoms with Crippen LogP contribution < -0.4 is 10.3 Å². The predicted molar refractivity (Wildman–Crippen MR) is 118 cm³/mol. The molecular formula is C24H20F2N4O3. The van der Waals surface area contributed by atoms with Crippen molar-refractivity contribution in [3.05, 3.63) is 88.4 Å². The molecule has 33 heavy (non-hydrogen) atoms. The van der Waals surface area contributed by atoms with Gasteiger partial charge in [0.05, 0.1) is 18.6 Å². The van der Waals surface area contributed by atoms with Gasteiger partial charge in [-0.3, -0.25) is 9.59 Å². The second-order valence-electron chi connectivity index (χ2n) is 7.86. The number of benzene rings is 2. The number of fused-ring (bicyclic) bond motifs is 2. The van der Waals surface area contributed by atoms with Crippen LogP contribution in [0.25, 0.3) is 16.5 Å². The first kappa shape index (κ1) is 20.9. The molecule has 7 nitrogen and oxygen atoms in total. The van der Waals surface area contributed by atoms with Gasteiger partial charge in [-0.2, -0.15) is 0 Å². The van der Waals surface area contributed by atoms with Crippen molar-refractivity contribution in [2.45, 2.75) is 13.5 Å². The minimum absolute atomic E-state index is 0.139. The largest absolute Gasteiger partial charge is 0.491 e. The minimum Gasteiger partial charge on any atom is -0.491 e. The van der Waals surface area contributed by atoms with E-state index in [9.17, 15) is 18.4 Å². The van der Waals surface area contributed by atoms with Gasteiger partial charge in [0.2, 0.25) is 0 Å². The number of halogens is 2. The van der Waals surface area contributed by atoms with Crippen LogP contribution in [0, 0.1) is 18.6 Å². The molecule has 168 valence electrons. The number of carbonyl (C=O) groups excluding carboxylic acids is 1. The molecule has 0 saturated carbocycles. The molecule has 1 aliphatic rings. The molecule has 0 unspecified atom stereocenters. The van der Waals surface area contributed by atoms with E-state index in [1.165, 1.54) is 34.9 Å². The summed E-state index contributed by atoms with van der Waals surface area (Å²) in [5, 5.41) is 0.597. The highest BCUT2D eigenvalue weighted by Crippen LogP contribution is 2.28. The lowest BCUT2D eigenvalue weighted by Gasteiger charge is -2.29. The fourth-order valence-electron chi connectivity index (χ4n) is 4.07. The Morgan fingerprint density at radius 1 is 1.03 bits per heavy atom. The fourth-order valence-corrected chi connectivity index (χ4v) is 4.07. The van der Waals surface area contributed by atoms with Crippen LogP contribution in [-0.4, -0.2) is 44.6 Å². The summed E-state index contributed by atoms with van der Waals surface area (Å²) in [6.07, 6.45) is 3.32. The monoisotopic (exact) mass is 450 g/mol. The summed E-state index contributed by atoms with van der Waals surface area (Å²) >= 11 is 0. The van der Waals surface area contributed by atoms with Gasteiger partial charge in [-0.25, -0.2) is 13.8 Å². The summed E-state index contributed by atoms with van der Waals surface area (Å²) in [5.41, 5.74) is 1.27. The Hall–Kier alpha value is -4.01.